The smallest absolute Gasteiger partial charge is 0.320 e. The van der Waals surface area contributed by atoms with Crippen molar-refractivity contribution in [2.45, 2.75) is 6.18 Å². The average molecular weight is 306 g/mol. The quantitative estimate of drug-likeness (QED) is 0.858. The molecular formula is C12H7ClF3NOS. The number of nitrogens with one attached hydrogen (secondary N) is 1. The van der Waals surface area contributed by atoms with E-state index < -0.39 is 17.6 Å². The zero-order chi connectivity index (χ0) is 14.0. The highest BCUT2D eigenvalue weighted by Gasteiger charge is 2.31. The van der Waals surface area contributed by atoms with E-state index in [-0.39, 0.29) is 10.7 Å². The molecule has 19 heavy (non-hydrogen) atoms. The number of benzene rings is 1. The molecule has 0 unspecified atom stereocenters. The van der Waals surface area contributed by atoms with Crippen LogP contribution in [0.1, 0.15) is 15.2 Å². The van der Waals surface area contributed by atoms with Gasteiger partial charge in [-0.2, -0.15) is 13.2 Å². The van der Waals surface area contributed by atoms with Crippen LogP contribution < -0.4 is 5.32 Å². The Morgan fingerprint density at radius 3 is 2.58 bits per heavy atom. The van der Waals surface area contributed by atoms with Crippen LogP contribution in [0.5, 0.6) is 0 Å². The van der Waals surface area contributed by atoms with Crippen LogP contribution in [-0.2, 0) is 6.18 Å². The molecule has 0 bridgehead atoms. The SMILES string of the molecule is O=C(Nc1cc(C(F)(F)F)ccc1Cl)c1cccs1. The summed E-state index contributed by atoms with van der Waals surface area (Å²) in [5.74, 6) is -0.490. The van der Waals surface area contributed by atoms with Crippen LogP contribution in [0.4, 0.5) is 18.9 Å². The second kappa shape index (κ2) is 5.22. The first-order valence-electron chi connectivity index (χ1n) is 5.09. The van der Waals surface area contributed by atoms with Crippen molar-refractivity contribution in [1.29, 1.82) is 0 Å². The summed E-state index contributed by atoms with van der Waals surface area (Å²) in [4.78, 5) is 12.1. The van der Waals surface area contributed by atoms with Crippen LogP contribution in [0.3, 0.4) is 0 Å². The van der Waals surface area contributed by atoms with E-state index in [1.807, 2.05) is 0 Å². The summed E-state index contributed by atoms with van der Waals surface area (Å²) in [7, 11) is 0. The number of hydrogen-bond donors (Lipinski definition) is 1. The second-order valence-electron chi connectivity index (χ2n) is 3.62. The molecule has 2 rings (SSSR count). The second-order valence-corrected chi connectivity index (χ2v) is 4.98. The van der Waals surface area contributed by atoms with Crippen molar-refractivity contribution in [3.63, 3.8) is 0 Å². The summed E-state index contributed by atoms with van der Waals surface area (Å²) in [5, 5.41) is 4.12. The summed E-state index contributed by atoms with van der Waals surface area (Å²) in [6, 6.07) is 6.03. The van der Waals surface area contributed by atoms with E-state index in [4.69, 9.17) is 11.6 Å². The fourth-order valence-electron chi connectivity index (χ4n) is 1.39. The number of halogens is 4. The lowest BCUT2D eigenvalue weighted by Gasteiger charge is -2.11. The molecule has 1 aromatic carbocycles. The topological polar surface area (TPSA) is 29.1 Å². The van der Waals surface area contributed by atoms with Crippen molar-refractivity contribution in [3.05, 3.63) is 51.2 Å². The Balaban J connectivity index is 2.27. The molecule has 7 heteroatoms. The van der Waals surface area contributed by atoms with Crippen LogP contribution >= 0.6 is 22.9 Å². The molecular weight excluding hydrogens is 299 g/mol. The minimum atomic E-state index is -4.48. The highest BCUT2D eigenvalue weighted by atomic mass is 35.5. The Morgan fingerprint density at radius 1 is 1.26 bits per heavy atom. The molecule has 2 aromatic rings. The Morgan fingerprint density at radius 2 is 2.00 bits per heavy atom. The lowest BCUT2D eigenvalue weighted by Crippen LogP contribution is -2.12. The number of hydrogen-bond acceptors (Lipinski definition) is 2. The minimum Gasteiger partial charge on any atom is -0.320 e. The van der Waals surface area contributed by atoms with Gasteiger partial charge in [0.25, 0.3) is 5.91 Å². The standard InChI is InChI=1S/C12H7ClF3NOS/c13-8-4-3-7(12(14,15)16)6-9(8)17-11(18)10-2-1-5-19-10/h1-6H,(H,17,18). The molecule has 0 aliphatic heterocycles. The van der Waals surface area contributed by atoms with Crippen molar-refractivity contribution >= 4 is 34.5 Å². The number of carbonyl (C=O) groups is 1. The molecule has 0 aliphatic carbocycles. The van der Waals surface area contributed by atoms with Crippen LogP contribution in [0.2, 0.25) is 5.02 Å². The lowest BCUT2D eigenvalue weighted by atomic mass is 10.2. The highest BCUT2D eigenvalue weighted by molar-refractivity contribution is 7.12. The van der Waals surface area contributed by atoms with Gasteiger partial charge in [-0.05, 0) is 29.6 Å². The molecule has 0 spiro atoms. The molecule has 0 atom stereocenters. The summed E-state index contributed by atoms with van der Waals surface area (Å²) in [6.07, 6.45) is -4.48. The first kappa shape index (κ1) is 13.9. The van der Waals surface area contributed by atoms with Gasteiger partial charge in [0.15, 0.2) is 0 Å². The van der Waals surface area contributed by atoms with Crippen molar-refractivity contribution in [2.24, 2.45) is 0 Å². The van der Waals surface area contributed by atoms with E-state index in [1.165, 1.54) is 11.3 Å². The summed E-state index contributed by atoms with van der Waals surface area (Å²) in [6.45, 7) is 0. The first-order chi connectivity index (χ1) is 8.88. The van der Waals surface area contributed by atoms with E-state index in [0.29, 0.717) is 4.88 Å². The van der Waals surface area contributed by atoms with Gasteiger partial charge in [-0.25, -0.2) is 0 Å². The molecule has 0 saturated heterocycles. The molecule has 0 saturated carbocycles. The minimum absolute atomic E-state index is 0.0536. The molecule has 0 aliphatic rings. The third-order valence-electron chi connectivity index (χ3n) is 2.29. The number of anilines is 1. The molecule has 1 aromatic heterocycles. The fourth-order valence-corrected chi connectivity index (χ4v) is 2.17. The monoisotopic (exact) mass is 305 g/mol. The lowest BCUT2D eigenvalue weighted by molar-refractivity contribution is -0.137. The maximum absolute atomic E-state index is 12.6. The zero-order valence-electron chi connectivity index (χ0n) is 9.29. The highest BCUT2D eigenvalue weighted by Crippen LogP contribution is 2.34. The summed E-state index contributed by atoms with van der Waals surface area (Å²) < 4.78 is 37.7. The summed E-state index contributed by atoms with van der Waals surface area (Å²) >= 11 is 6.96. The van der Waals surface area contributed by atoms with Crippen molar-refractivity contribution in [2.75, 3.05) is 5.32 Å². The van der Waals surface area contributed by atoms with Crippen molar-refractivity contribution in [3.8, 4) is 0 Å². The molecule has 1 heterocycles. The van der Waals surface area contributed by atoms with E-state index in [0.717, 1.165) is 18.2 Å². The number of alkyl halides is 3. The molecule has 1 amide bonds. The maximum atomic E-state index is 12.6. The summed E-state index contributed by atoms with van der Waals surface area (Å²) in [5.41, 5.74) is -0.923. The van der Waals surface area contributed by atoms with Gasteiger partial charge < -0.3 is 5.32 Å². The molecule has 0 radical (unpaired) electrons. The van der Waals surface area contributed by atoms with Gasteiger partial charge >= 0.3 is 6.18 Å². The van der Waals surface area contributed by atoms with Crippen LogP contribution in [0, 0.1) is 0 Å². The van der Waals surface area contributed by atoms with Crippen molar-refractivity contribution < 1.29 is 18.0 Å². The number of amides is 1. The number of carbonyl (C=O) groups excluding carboxylic acids is 1. The van der Waals surface area contributed by atoms with Gasteiger partial charge in [-0.1, -0.05) is 17.7 Å². The third-order valence-corrected chi connectivity index (χ3v) is 3.49. The van der Waals surface area contributed by atoms with Crippen LogP contribution in [-0.4, -0.2) is 5.91 Å². The number of thiophene rings is 1. The predicted octanol–water partition coefficient (Wildman–Crippen LogP) is 4.67. The van der Waals surface area contributed by atoms with Gasteiger partial charge in [-0.3, -0.25) is 4.79 Å². The Hall–Kier alpha value is -1.53. The van der Waals surface area contributed by atoms with E-state index in [9.17, 15) is 18.0 Å². The largest absolute Gasteiger partial charge is 0.416 e. The van der Waals surface area contributed by atoms with Gasteiger partial charge in [0.1, 0.15) is 0 Å². The van der Waals surface area contributed by atoms with Gasteiger partial charge in [-0.15, -0.1) is 11.3 Å². The fraction of sp³-hybridized carbons (Fsp3) is 0.0833. The first-order valence-corrected chi connectivity index (χ1v) is 6.35. The van der Waals surface area contributed by atoms with Gasteiger partial charge in [0.2, 0.25) is 0 Å². The third kappa shape index (κ3) is 3.27. The van der Waals surface area contributed by atoms with Gasteiger partial charge in [0.05, 0.1) is 21.2 Å². The zero-order valence-corrected chi connectivity index (χ0v) is 10.9. The van der Waals surface area contributed by atoms with E-state index in [1.54, 1.807) is 17.5 Å². The predicted molar refractivity (Wildman–Crippen MR) is 68.7 cm³/mol. The average Bonchev–Trinajstić information content (AvgIpc) is 2.84. The number of rotatable bonds is 2. The normalized spacial score (nSPS) is 11.4. The molecule has 0 fully saturated rings. The van der Waals surface area contributed by atoms with Gasteiger partial charge in [0, 0.05) is 0 Å². The van der Waals surface area contributed by atoms with E-state index in [2.05, 4.69) is 5.32 Å². The van der Waals surface area contributed by atoms with Crippen LogP contribution in [0.25, 0.3) is 0 Å². The van der Waals surface area contributed by atoms with E-state index >= 15 is 0 Å². The van der Waals surface area contributed by atoms with Crippen LogP contribution in [0.15, 0.2) is 35.7 Å². The Kier molecular flexibility index (Phi) is 3.82. The Labute approximate surface area is 115 Å². The maximum Gasteiger partial charge on any atom is 0.416 e. The molecule has 1 N–H and O–H groups in total. The molecule has 100 valence electrons. The Bertz CT molecular complexity index is 596. The molecule has 2 nitrogen and oxygen atoms in total. The van der Waals surface area contributed by atoms with Crippen molar-refractivity contribution in [1.82, 2.24) is 0 Å².